The van der Waals surface area contributed by atoms with Gasteiger partial charge in [-0.15, -0.1) is 0 Å². The molecule has 0 amide bonds. The molecule has 9 aromatic rings. The number of nitrogens with zero attached hydrogens (tertiary/aromatic N) is 2. The summed E-state index contributed by atoms with van der Waals surface area (Å²) in [6.07, 6.45) is 6.46. The van der Waals surface area contributed by atoms with Crippen molar-refractivity contribution in [3.05, 3.63) is 199 Å². The molecule has 2 nitrogen and oxygen atoms in total. The van der Waals surface area contributed by atoms with Gasteiger partial charge in [0.15, 0.2) is 0 Å². The zero-order valence-corrected chi connectivity index (χ0v) is 30.8. The van der Waals surface area contributed by atoms with Crippen LogP contribution in [0.3, 0.4) is 0 Å². The molecule has 0 N–H and O–H groups in total. The smallest absolute Gasteiger partial charge is 0.0588 e. The monoisotopic (exact) mass is 692 g/mol. The molecule has 0 radical (unpaired) electrons. The Morgan fingerprint density at radius 2 is 1.09 bits per heavy atom. The first-order valence-corrected chi connectivity index (χ1v) is 18.8. The van der Waals surface area contributed by atoms with E-state index < -0.39 is 0 Å². The third-order valence-corrected chi connectivity index (χ3v) is 11.6. The van der Waals surface area contributed by atoms with Crippen LogP contribution in [0.5, 0.6) is 0 Å². The number of para-hydroxylation sites is 2. The van der Waals surface area contributed by atoms with Crippen molar-refractivity contribution in [1.29, 1.82) is 0 Å². The summed E-state index contributed by atoms with van der Waals surface area (Å²) in [7, 11) is 0. The first kappa shape index (κ1) is 32.0. The minimum Gasteiger partial charge on any atom is -0.309 e. The average molecular weight is 693 g/mol. The summed E-state index contributed by atoms with van der Waals surface area (Å²) in [6, 6.07) is 57.8. The maximum Gasteiger partial charge on any atom is 0.0588 e. The number of fused-ring (bicyclic) bond motifs is 8. The Labute approximate surface area is 316 Å². The molecule has 2 aromatic heterocycles. The Morgan fingerprint density at radius 3 is 1.81 bits per heavy atom. The lowest BCUT2D eigenvalue weighted by molar-refractivity contribution is 0.657. The number of benzene rings is 7. The molecule has 0 unspecified atom stereocenters. The molecular weight excluding hydrogens is 653 g/mol. The van der Waals surface area contributed by atoms with Gasteiger partial charge in [0.2, 0.25) is 0 Å². The van der Waals surface area contributed by atoms with Crippen molar-refractivity contribution in [3.63, 3.8) is 0 Å². The molecule has 54 heavy (non-hydrogen) atoms. The van der Waals surface area contributed by atoms with E-state index in [4.69, 9.17) is 0 Å². The van der Waals surface area contributed by atoms with Gasteiger partial charge >= 0.3 is 0 Å². The SMILES string of the molecule is C=CC1=C(/C=C\C)C(C)(C)c2c1ccc1c3cc(-c4ccc5c(c4)c4ccccc4n5-c4cccc(-c5ccccc5)c4)ccc3n(-c3ccccc3)c21. The van der Waals surface area contributed by atoms with Gasteiger partial charge in [-0.1, -0.05) is 142 Å². The maximum absolute atomic E-state index is 4.26. The fraction of sp³-hybridized carbons (Fsp3) is 0.0769. The normalized spacial score (nSPS) is 13.9. The molecule has 7 aromatic carbocycles. The summed E-state index contributed by atoms with van der Waals surface area (Å²) in [5.41, 5.74) is 17.0. The first-order valence-electron chi connectivity index (χ1n) is 18.8. The van der Waals surface area contributed by atoms with Crippen LogP contribution < -0.4 is 0 Å². The average Bonchev–Trinajstić information content (AvgIpc) is 3.80. The van der Waals surface area contributed by atoms with Crippen LogP contribution >= 0.6 is 0 Å². The second-order valence-electron chi connectivity index (χ2n) is 14.9. The van der Waals surface area contributed by atoms with Gasteiger partial charge < -0.3 is 9.13 Å². The third kappa shape index (κ3) is 4.66. The molecule has 0 atom stereocenters. The maximum atomic E-state index is 4.26. The summed E-state index contributed by atoms with van der Waals surface area (Å²) in [5.74, 6) is 0. The third-order valence-electron chi connectivity index (χ3n) is 11.6. The van der Waals surface area contributed by atoms with Crippen molar-refractivity contribution >= 4 is 49.2 Å². The molecule has 0 saturated carbocycles. The molecule has 0 fully saturated rings. The Bertz CT molecular complexity index is 3020. The molecule has 0 saturated heterocycles. The summed E-state index contributed by atoms with van der Waals surface area (Å²) < 4.78 is 4.89. The van der Waals surface area contributed by atoms with Gasteiger partial charge in [-0.25, -0.2) is 0 Å². The highest BCUT2D eigenvalue weighted by atomic mass is 15.0. The number of aromatic nitrogens is 2. The lowest BCUT2D eigenvalue weighted by atomic mass is 9.80. The van der Waals surface area contributed by atoms with Crippen LogP contribution in [0.1, 0.15) is 31.9 Å². The van der Waals surface area contributed by atoms with E-state index in [-0.39, 0.29) is 5.41 Å². The fourth-order valence-electron chi connectivity index (χ4n) is 9.18. The van der Waals surface area contributed by atoms with Crippen LogP contribution in [0.25, 0.3) is 82.8 Å². The minimum absolute atomic E-state index is 0.200. The Morgan fingerprint density at radius 1 is 0.500 bits per heavy atom. The van der Waals surface area contributed by atoms with Gasteiger partial charge in [-0.3, -0.25) is 0 Å². The predicted molar refractivity (Wildman–Crippen MR) is 231 cm³/mol. The van der Waals surface area contributed by atoms with Gasteiger partial charge in [0, 0.05) is 38.3 Å². The topological polar surface area (TPSA) is 9.86 Å². The Balaban J connectivity index is 1.18. The van der Waals surface area contributed by atoms with Gasteiger partial charge in [0.25, 0.3) is 0 Å². The van der Waals surface area contributed by atoms with E-state index in [0.717, 1.165) is 5.69 Å². The molecule has 10 rings (SSSR count). The minimum atomic E-state index is -0.200. The van der Waals surface area contributed by atoms with E-state index in [9.17, 15) is 0 Å². The summed E-state index contributed by atoms with van der Waals surface area (Å²) in [6.45, 7) is 11.1. The molecule has 1 aliphatic carbocycles. The Hall–Kier alpha value is -6.64. The van der Waals surface area contributed by atoms with E-state index in [1.165, 1.54) is 93.8 Å². The lowest BCUT2D eigenvalue weighted by Gasteiger charge is -2.25. The zero-order valence-electron chi connectivity index (χ0n) is 30.8. The van der Waals surface area contributed by atoms with E-state index >= 15 is 0 Å². The van der Waals surface area contributed by atoms with Crippen LogP contribution in [0.15, 0.2) is 188 Å². The predicted octanol–water partition coefficient (Wildman–Crippen LogP) is 14.0. The van der Waals surface area contributed by atoms with E-state index in [0.29, 0.717) is 0 Å². The molecule has 0 spiro atoms. The van der Waals surface area contributed by atoms with Crippen molar-refractivity contribution in [2.75, 3.05) is 0 Å². The highest BCUT2D eigenvalue weighted by molar-refractivity contribution is 6.15. The quantitative estimate of drug-likeness (QED) is 0.164. The lowest BCUT2D eigenvalue weighted by Crippen LogP contribution is -2.17. The van der Waals surface area contributed by atoms with E-state index in [1.807, 2.05) is 6.08 Å². The first-order chi connectivity index (χ1) is 26.5. The second-order valence-corrected chi connectivity index (χ2v) is 14.9. The molecule has 2 heterocycles. The van der Waals surface area contributed by atoms with Gasteiger partial charge in [-0.2, -0.15) is 0 Å². The van der Waals surface area contributed by atoms with Gasteiger partial charge in [-0.05, 0) is 106 Å². The number of hydrogen-bond donors (Lipinski definition) is 0. The van der Waals surface area contributed by atoms with Crippen molar-refractivity contribution in [2.45, 2.75) is 26.2 Å². The van der Waals surface area contributed by atoms with Crippen LogP contribution in [0, 0.1) is 0 Å². The summed E-state index contributed by atoms with van der Waals surface area (Å²) >= 11 is 0. The number of allylic oxidation sites excluding steroid dienone is 5. The summed E-state index contributed by atoms with van der Waals surface area (Å²) in [4.78, 5) is 0. The van der Waals surface area contributed by atoms with E-state index in [1.54, 1.807) is 0 Å². The molecular formula is C52H40N2. The molecule has 0 aliphatic heterocycles. The molecule has 0 bridgehead atoms. The molecule has 258 valence electrons. The van der Waals surface area contributed by atoms with Crippen LogP contribution in [0.4, 0.5) is 0 Å². The number of hydrogen-bond acceptors (Lipinski definition) is 0. The second kappa shape index (κ2) is 12.2. The van der Waals surface area contributed by atoms with Crippen molar-refractivity contribution in [1.82, 2.24) is 9.13 Å². The van der Waals surface area contributed by atoms with Crippen molar-refractivity contribution < 1.29 is 0 Å². The largest absolute Gasteiger partial charge is 0.309 e. The van der Waals surface area contributed by atoms with Crippen molar-refractivity contribution in [2.24, 2.45) is 0 Å². The fourth-order valence-corrected chi connectivity index (χ4v) is 9.18. The molecule has 1 aliphatic rings. The van der Waals surface area contributed by atoms with E-state index in [2.05, 4.69) is 206 Å². The van der Waals surface area contributed by atoms with Crippen molar-refractivity contribution in [3.8, 4) is 33.6 Å². The highest BCUT2D eigenvalue weighted by Crippen LogP contribution is 2.52. The zero-order chi connectivity index (χ0) is 36.6. The highest BCUT2D eigenvalue weighted by Gasteiger charge is 2.38. The van der Waals surface area contributed by atoms with Gasteiger partial charge in [0.1, 0.15) is 0 Å². The standard InChI is InChI=1S/C52H40N2/c1-5-16-46-40(6-2)42-27-28-43-45-33-37(26-30-49(45)54(38-20-11-8-12-21-38)51(43)50(42)52(46,3)4)36-25-29-48-44(32-36)41-23-13-14-24-47(41)53(48)39-22-15-19-35(31-39)34-17-9-7-10-18-34/h5-33H,2H2,1,3-4H3/b16-5-. The van der Waals surface area contributed by atoms with Crippen LogP contribution in [-0.2, 0) is 5.41 Å². The summed E-state index contributed by atoms with van der Waals surface area (Å²) in [5, 5.41) is 5.02. The Kier molecular flexibility index (Phi) is 7.25. The van der Waals surface area contributed by atoms with Crippen LogP contribution in [-0.4, -0.2) is 9.13 Å². The van der Waals surface area contributed by atoms with Crippen LogP contribution in [0.2, 0.25) is 0 Å². The van der Waals surface area contributed by atoms with Gasteiger partial charge in [0.05, 0.1) is 22.1 Å². The molecule has 2 heteroatoms. The number of rotatable bonds is 6.